The zero-order chi connectivity index (χ0) is 22.0. The van der Waals surface area contributed by atoms with Crippen LogP contribution < -0.4 is 14.4 Å². The zero-order valence-electron chi connectivity index (χ0n) is 16.8. The van der Waals surface area contributed by atoms with Crippen molar-refractivity contribution in [3.05, 3.63) is 71.3 Å². The second-order valence-electron chi connectivity index (χ2n) is 7.47. The number of hydrogen-bond acceptors (Lipinski definition) is 6. The van der Waals surface area contributed by atoms with Gasteiger partial charge in [0.15, 0.2) is 17.1 Å². The van der Waals surface area contributed by atoms with Crippen molar-refractivity contribution in [1.29, 1.82) is 0 Å². The Hall–Kier alpha value is -4.27. The van der Waals surface area contributed by atoms with Crippen LogP contribution in [0.1, 0.15) is 26.4 Å². The molecule has 2 amide bonds. The Morgan fingerprint density at radius 1 is 1.00 bits per heavy atom. The minimum Gasteiger partial charge on any atom is -0.486 e. The largest absolute Gasteiger partial charge is 0.486 e. The second-order valence-corrected chi connectivity index (χ2v) is 7.47. The summed E-state index contributed by atoms with van der Waals surface area (Å²) >= 11 is 0. The van der Waals surface area contributed by atoms with Gasteiger partial charge in [0.25, 0.3) is 11.8 Å². The molecule has 0 saturated heterocycles. The van der Waals surface area contributed by atoms with E-state index in [0.717, 1.165) is 4.90 Å². The van der Waals surface area contributed by atoms with Gasteiger partial charge in [0.2, 0.25) is 0 Å². The SMILES string of the molecule is Cc1nn(-c2ccccc2F)c2ncc3c(c12)C(=O)N(c1ccc2c(c1)OCCO2)C3=O. The van der Waals surface area contributed by atoms with E-state index >= 15 is 0 Å². The smallest absolute Gasteiger partial charge is 0.267 e. The van der Waals surface area contributed by atoms with Crippen LogP contribution in [0.5, 0.6) is 11.5 Å². The average Bonchev–Trinajstić information content (AvgIpc) is 3.27. The predicted molar refractivity (Wildman–Crippen MR) is 112 cm³/mol. The van der Waals surface area contributed by atoms with Gasteiger partial charge in [0.05, 0.1) is 27.9 Å². The van der Waals surface area contributed by atoms with Crippen molar-refractivity contribution < 1.29 is 23.5 Å². The number of aryl methyl sites for hydroxylation is 1. The van der Waals surface area contributed by atoms with Gasteiger partial charge in [-0.1, -0.05) is 12.1 Å². The Morgan fingerprint density at radius 3 is 2.59 bits per heavy atom. The van der Waals surface area contributed by atoms with Crippen LogP contribution in [0.4, 0.5) is 10.1 Å². The first-order valence-corrected chi connectivity index (χ1v) is 9.96. The van der Waals surface area contributed by atoms with Crippen LogP contribution in [0.3, 0.4) is 0 Å². The molecule has 0 fully saturated rings. The maximum Gasteiger partial charge on any atom is 0.267 e. The van der Waals surface area contributed by atoms with Crippen molar-refractivity contribution in [2.45, 2.75) is 6.92 Å². The van der Waals surface area contributed by atoms with Crippen molar-refractivity contribution in [3.8, 4) is 17.2 Å². The fourth-order valence-corrected chi connectivity index (χ4v) is 4.16. The van der Waals surface area contributed by atoms with E-state index in [1.54, 1.807) is 43.3 Å². The van der Waals surface area contributed by atoms with Crippen LogP contribution in [0.2, 0.25) is 0 Å². The third-order valence-corrected chi connectivity index (χ3v) is 5.59. The number of hydrogen-bond donors (Lipinski definition) is 0. The third kappa shape index (κ3) is 2.48. The highest BCUT2D eigenvalue weighted by Gasteiger charge is 2.40. The summed E-state index contributed by atoms with van der Waals surface area (Å²) in [5.74, 6) is -0.432. The lowest BCUT2D eigenvalue weighted by Gasteiger charge is -2.21. The minimum absolute atomic E-state index is 0.175. The first-order valence-electron chi connectivity index (χ1n) is 9.96. The molecule has 2 aliphatic heterocycles. The Morgan fingerprint density at radius 2 is 1.78 bits per heavy atom. The van der Waals surface area contributed by atoms with Crippen molar-refractivity contribution in [2.24, 2.45) is 0 Å². The molecule has 4 aromatic rings. The van der Waals surface area contributed by atoms with Gasteiger partial charge >= 0.3 is 0 Å². The lowest BCUT2D eigenvalue weighted by Crippen LogP contribution is -2.29. The number of carbonyl (C=O) groups is 2. The molecule has 2 aromatic carbocycles. The molecule has 4 heterocycles. The second kappa shape index (κ2) is 6.61. The van der Waals surface area contributed by atoms with Gasteiger partial charge in [-0.05, 0) is 31.2 Å². The molecule has 9 heteroatoms. The quantitative estimate of drug-likeness (QED) is 0.453. The molecule has 0 bridgehead atoms. The third-order valence-electron chi connectivity index (χ3n) is 5.59. The molecular formula is C23H15FN4O4. The molecule has 0 N–H and O–H groups in total. The maximum absolute atomic E-state index is 14.4. The number of imide groups is 1. The standard InChI is InChI=1S/C23H15FN4O4/c1-12-19-20-14(11-25-21(19)28(26-12)16-5-3-2-4-15(16)24)22(29)27(23(20)30)13-6-7-17-18(10-13)32-9-8-31-17/h2-7,10-11H,8-9H2,1H3. The van der Waals surface area contributed by atoms with E-state index in [2.05, 4.69) is 10.1 Å². The minimum atomic E-state index is -0.495. The molecule has 0 radical (unpaired) electrons. The maximum atomic E-state index is 14.4. The summed E-state index contributed by atoms with van der Waals surface area (Å²) in [5.41, 5.74) is 1.73. The van der Waals surface area contributed by atoms with Gasteiger partial charge in [0, 0.05) is 12.3 Å². The van der Waals surface area contributed by atoms with Crippen LogP contribution in [0.15, 0.2) is 48.7 Å². The van der Waals surface area contributed by atoms with Crippen molar-refractivity contribution in [3.63, 3.8) is 0 Å². The molecule has 32 heavy (non-hydrogen) atoms. The lowest BCUT2D eigenvalue weighted by molar-refractivity contribution is 0.0926. The van der Waals surface area contributed by atoms with Gasteiger partial charge < -0.3 is 9.47 Å². The number of pyridine rings is 1. The van der Waals surface area contributed by atoms with Crippen LogP contribution in [0.25, 0.3) is 16.7 Å². The molecule has 0 spiro atoms. The molecular weight excluding hydrogens is 415 g/mol. The number of ether oxygens (including phenoxy) is 2. The van der Waals surface area contributed by atoms with E-state index in [4.69, 9.17) is 9.47 Å². The molecule has 0 atom stereocenters. The number of aromatic nitrogens is 3. The van der Waals surface area contributed by atoms with Crippen molar-refractivity contribution in [2.75, 3.05) is 18.1 Å². The van der Waals surface area contributed by atoms with Gasteiger partial charge in [-0.25, -0.2) is 19.0 Å². The normalized spacial score (nSPS) is 14.9. The number of para-hydroxylation sites is 1. The van der Waals surface area contributed by atoms with Crippen molar-refractivity contribution >= 4 is 28.5 Å². The monoisotopic (exact) mass is 430 g/mol. The first kappa shape index (κ1) is 18.5. The summed E-state index contributed by atoms with van der Waals surface area (Å²) in [6, 6.07) is 11.1. The Kier molecular flexibility index (Phi) is 3.82. The molecule has 2 aromatic heterocycles. The van der Waals surface area contributed by atoms with Gasteiger partial charge in [-0.15, -0.1) is 0 Å². The number of rotatable bonds is 2. The highest BCUT2D eigenvalue weighted by Crippen LogP contribution is 2.38. The number of fused-ring (bicyclic) bond motifs is 4. The summed E-state index contributed by atoms with van der Waals surface area (Å²) in [6.07, 6.45) is 1.34. The number of nitrogens with zero attached hydrogens (tertiary/aromatic N) is 4. The fourth-order valence-electron chi connectivity index (χ4n) is 4.16. The zero-order valence-corrected chi connectivity index (χ0v) is 16.8. The van der Waals surface area contributed by atoms with Crippen LogP contribution in [-0.4, -0.2) is 39.8 Å². The summed E-state index contributed by atoms with van der Waals surface area (Å²) in [5, 5.41) is 4.83. The van der Waals surface area contributed by atoms with E-state index in [0.29, 0.717) is 47.1 Å². The molecule has 0 aliphatic carbocycles. The van der Waals surface area contributed by atoms with E-state index < -0.39 is 17.6 Å². The van der Waals surface area contributed by atoms with Crippen LogP contribution in [0, 0.1) is 12.7 Å². The number of anilines is 1. The van der Waals surface area contributed by atoms with Gasteiger partial charge in [0.1, 0.15) is 24.7 Å². The van der Waals surface area contributed by atoms with E-state index in [9.17, 15) is 14.0 Å². The molecule has 2 aliphatic rings. The highest BCUT2D eigenvalue weighted by atomic mass is 19.1. The van der Waals surface area contributed by atoms with E-state index in [1.807, 2.05) is 0 Å². The molecule has 158 valence electrons. The van der Waals surface area contributed by atoms with Crippen LogP contribution >= 0.6 is 0 Å². The number of amides is 2. The van der Waals surface area contributed by atoms with E-state index in [1.165, 1.54) is 16.9 Å². The predicted octanol–water partition coefficient (Wildman–Crippen LogP) is 3.44. The summed E-state index contributed by atoms with van der Waals surface area (Å²) in [7, 11) is 0. The number of benzene rings is 2. The Balaban J connectivity index is 1.51. The Bertz CT molecular complexity index is 1460. The number of carbonyl (C=O) groups excluding carboxylic acids is 2. The van der Waals surface area contributed by atoms with Gasteiger partial charge in [-0.3, -0.25) is 9.59 Å². The Labute approximate surface area is 180 Å². The summed E-state index contributed by atoms with van der Waals surface area (Å²) < 4.78 is 26.9. The van der Waals surface area contributed by atoms with Crippen molar-refractivity contribution in [1.82, 2.24) is 14.8 Å². The number of halogens is 1. The topological polar surface area (TPSA) is 86.6 Å². The lowest BCUT2D eigenvalue weighted by atomic mass is 10.1. The van der Waals surface area contributed by atoms with Crippen LogP contribution in [-0.2, 0) is 0 Å². The van der Waals surface area contributed by atoms with E-state index in [-0.39, 0.29) is 16.8 Å². The average molecular weight is 430 g/mol. The molecule has 6 rings (SSSR count). The molecule has 0 saturated carbocycles. The summed E-state index contributed by atoms with van der Waals surface area (Å²) in [4.78, 5) is 32.1. The molecule has 0 unspecified atom stereocenters. The fraction of sp³-hybridized carbons (Fsp3) is 0.130. The molecule has 8 nitrogen and oxygen atoms in total. The summed E-state index contributed by atoms with van der Waals surface area (Å²) in [6.45, 7) is 2.53. The first-order chi connectivity index (χ1) is 15.5. The van der Waals surface area contributed by atoms with Gasteiger partial charge in [-0.2, -0.15) is 5.10 Å². The highest BCUT2D eigenvalue weighted by molar-refractivity contribution is 6.37.